The molecule has 6 heteroatoms. The lowest BCUT2D eigenvalue weighted by Crippen LogP contribution is -2.34. The summed E-state index contributed by atoms with van der Waals surface area (Å²) in [7, 11) is 1.58. The number of carbonyl (C=O) groups is 1. The number of nitrogens with zero attached hydrogens (tertiary/aromatic N) is 1. The standard InChI is InChI=1S/C14H23N3O3/c1-4-11(2)15-9-13(18)16-12-5-6-14(19)17(10-12)7-8-20-3/h5-6,10-11,15H,4,7-9H2,1-3H3,(H,16,18). The van der Waals surface area contributed by atoms with Crippen molar-refractivity contribution in [2.75, 3.05) is 25.6 Å². The maximum atomic E-state index is 11.8. The van der Waals surface area contributed by atoms with E-state index in [9.17, 15) is 9.59 Å². The van der Waals surface area contributed by atoms with Crippen molar-refractivity contribution in [2.45, 2.75) is 32.9 Å². The van der Waals surface area contributed by atoms with Gasteiger partial charge >= 0.3 is 0 Å². The number of amides is 1. The number of methoxy groups -OCH3 is 1. The molecular weight excluding hydrogens is 258 g/mol. The summed E-state index contributed by atoms with van der Waals surface area (Å²) in [5.74, 6) is -0.123. The molecular formula is C14H23N3O3. The molecule has 1 rings (SSSR count). The van der Waals surface area contributed by atoms with Gasteiger partial charge in [-0.25, -0.2) is 0 Å². The van der Waals surface area contributed by atoms with Crippen LogP contribution in [0.2, 0.25) is 0 Å². The zero-order chi connectivity index (χ0) is 15.0. The van der Waals surface area contributed by atoms with Gasteiger partial charge < -0.3 is 19.9 Å². The van der Waals surface area contributed by atoms with Crippen molar-refractivity contribution >= 4 is 11.6 Å². The highest BCUT2D eigenvalue weighted by Crippen LogP contribution is 2.03. The van der Waals surface area contributed by atoms with E-state index in [0.29, 0.717) is 24.9 Å². The van der Waals surface area contributed by atoms with Crippen LogP contribution in [0.15, 0.2) is 23.1 Å². The summed E-state index contributed by atoms with van der Waals surface area (Å²) in [6.45, 7) is 5.25. The smallest absolute Gasteiger partial charge is 0.250 e. The van der Waals surface area contributed by atoms with E-state index in [1.165, 1.54) is 10.6 Å². The third kappa shape index (κ3) is 5.54. The average Bonchev–Trinajstić information content (AvgIpc) is 2.45. The predicted octanol–water partition coefficient (Wildman–Crippen LogP) is 0.821. The molecule has 1 aromatic heterocycles. The van der Waals surface area contributed by atoms with Crippen LogP contribution in [0.1, 0.15) is 20.3 Å². The molecule has 0 radical (unpaired) electrons. The van der Waals surface area contributed by atoms with Gasteiger partial charge in [0.15, 0.2) is 0 Å². The molecule has 1 heterocycles. The van der Waals surface area contributed by atoms with Crippen molar-refractivity contribution in [3.8, 4) is 0 Å². The molecule has 1 unspecified atom stereocenters. The minimum atomic E-state index is -0.123. The molecule has 0 aliphatic heterocycles. The molecule has 20 heavy (non-hydrogen) atoms. The number of anilines is 1. The summed E-state index contributed by atoms with van der Waals surface area (Å²) in [5, 5.41) is 5.88. The number of hydrogen-bond acceptors (Lipinski definition) is 4. The molecule has 112 valence electrons. The van der Waals surface area contributed by atoms with E-state index in [1.54, 1.807) is 19.4 Å². The molecule has 2 N–H and O–H groups in total. The van der Waals surface area contributed by atoms with Crippen LogP contribution in [0.3, 0.4) is 0 Å². The molecule has 1 amide bonds. The second kappa shape index (κ2) is 8.50. The maximum Gasteiger partial charge on any atom is 0.250 e. The average molecular weight is 281 g/mol. The number of carbonyl (C=O) groups excluding carboxylic acids is 1. The Morgan fingerprint density at radius 3 is 2.85 bits per heavy atom. The predicted molar refractivity (Wildman–Crippen MR) is 79.0 cm³/mol. The Morgan fingerprint density at radius 1 is 1.45 bits per heavy atom. The Bertz CT molecular complexity index is 485. The van der Waals surface area contributed by atoms with Crippen molar-refractivity contribution in [1.29, 1.82) is 0 Å². The van der Waals surface area contributed by atoms with Crippen LogP contribution in [0, 0.1) is 0 Å². The van der Waals surface area contributed by atoms with E-state index in [-0.39, 0.29) is 18.0 Å². The third-order valence-corrected chi connectivity index (χ3v) is 3.03. The number of ether oxygens (including phenoxy) is 1. The van der Waals surface area contributed by atoms with Crippen LogP contribution in [-0.2, 0) is 16.1 Å². The fraction of sp³-hybridized carbons (Fsp3) is 0.571. The highest BCUT2D eigenvalue weighted by molar-refractivity contribution is 5.92. The molecule has 0 aromatic carbocycles. The zero-order valence-electron chi connectivity index (χ0n) is 12.3. The lowest BCUT2D eigenvalue weighted by Gasteiger charge is -2.12. The Labute approximate surface area is 119 Å². The Balaban J connectivity index is 2.59. The van der Waals surface area contributed by atoms with Crippen molar-refractivity contribution in [2.24, 2.45) is 0 Å². The quantitative estimate of drug-likeness (QED) is 0.740. The largest absolute Gasteiger partial charge is 0.383 e. The van der Waals surface area contributed by atoms with Gasteiger partial charge in [-0.05, 0) is 19.4 Å². The van der Waals surface area contributed by atoms with Crippen LogP contribution in [-0.4, -0.2) is 36.8 Å². The number of pyridine rings is 1. The molecule has 0 aliphatic rings. The van der Waals surface area contributed by atoms with E-state index in [0.717, 1.165) is 6.42 Å². The van der Waals surface area contributed by atoms with Crippen LogP contribution in [0.4, 0.5) is 5.69 Å². The summed E-state index contributed by atoms with van der Waals surface area (Å²) >= 11 is 0. The van der Waals surface area contributed by atoms with Gasteiger partial charge in [0.05, 0.1) is 18.8 Å². The molecule has 1 aromatic rings. The van der Waals surface area contributed by atoms with Gasteiger partial charge in [-0.2, -0.15) is 0 Å². The summed E-state index contributed by atoms with van der Waals surface area (Å²) < 4.78 is 6.46. The maximum absolute atomic E-state index is 11.8. The highest BCUT2D eigenvalue weighted by Gasteiger charge is 2.05. The first-order valence-corrected chi connectivity index (χ1v) is 6.79. The lowest BCUT2D eigenvalue weighted by molar-refractivity contribution is -0.115. The zero-order valence-corrected chi connectivity index (χ0v) is 12.3. The first kappa shape index (κ1) is 16.4. The minimum Gasteiger partial charge on any atom is -0.383 e. The first-order valence-electron chi connectivity index (χ1n) is 6.79. The Morgan fingerprint density at radius 2 is 2.20 bits per heavy atom. The number of aromatic nitrogens is 1. The highest BCUT2D eigenvalue weighted by atomic mass is 16.5. The van der Waals surface area contributed by atoms with Crippen molar-refractivity contribution in [3.63, 3.8) is 0 Å². The molecule has 0 saturated heterocycles. The van der Waals surface area contributed by atoms with Gasteiger partial charge in [0.1, 0.15) is 0 Å². The number of nitrogens with one attached hydrogen (secondary N) is 2. The Hall–Kier alpha value is -1.66. The van der Waals surface area contributed by atoms with Gasteiger partial charge in [-0.15, -0.1) is 0 Å². The molecule has 0 aliphatic carbocycles. The second-order valence-corrected chi connectivity index (χ2v) is 4.68. The lowest BCUT2D eigenvalue weighted by atomic mass is 10.2. The van der Waals surface area contributed by atoms with Crippen LogP contribution < -0.4 is 16.2 Å². The first-order chi connectivity index (χ1) is 9.56. The monoisotopic (exact) mass is 281 g/mol. The van der Waals surface area contributed by atoms with Crippen molar-refractivity contribution in [1.82, 2.24) is 9.88 Å². The third-order valence-electron chi connectivity index (χ3n) is 3.03. The van der Waals surface area contributed by atoms with Gasteiger partial charge in [0, 0.05) is 32.0 Å². The molecule has 0 spiro atoms. The van der Waals surface area contributed by atoms with Crippen LogP contribution in [0.25, 0.3) is 0 Å². The molecule has 1 atom stereocenters. The van der Waals surface area contributed by atoms with Gasteiger partial charge in [-0.3, -0.25) is 9.59 Å². The number of rotatable bonds is 8. The normalized spacial score (nSPS) is 12.2. The summed E-state index contributed by atoms with van der Waals surface area (Å²) in [5.41, 5.74) is 0.495. The van der Waals surface area contributed by atoms with Gasteiger partial charge in [0.2, 0.25) is 5.91 Å². The topological polar surface area (TPSA) is 72.4 Å². The van der Waals surface area contributed by atoms with E-state index >= 15 is 0 Å². The molecule has 6 nitrogen and oxygen atoms in total. The fourth-order valence-corrected chi connectivity index (χ4v) is 1.59. The van der Waals surface area contributed by atoms with E-state index in [2.05, 4.69) is 17.6 Å². The van der Waals surface area contributed by atoms with Crippen LogP contribution in [0.5, 0.6) is 0 Å². The van der Waals surface area contributed by atoms with E-state index in [4.69, 9.17) is 4.74 Å². The second-order valence-electron chi connectivity index (χ2n) is 4.68. The minimum absolute atomic E-state index is 0.113. The van der Waals surface area contributed by atoms with E-state index < -0.39 is 0 Å². The molecule has 0 saturated carbocycles. The van der Waals surface area contributed by atoms with Gasteiger partial charge in [-0.1, -0.05) is 6.92 Å². The van der Waals surface area contributed by atoms with Crippen LogP contribution >= 0.6 is 0 Å². The number of hydrogen-bond donors (Lipinski definition) is 2. The van der Waals surface area contributed by atoms with E-state index in [1.807, 2.05) is 6.92 Å². The van der Waals surface area contributed by atoms with Crippen molar-refractivity contribution < 1.29 is 9.53 Å². The molecule has 0 bridgehead atoms. The van der Waals surface area contributed by atoms with Crippen molar-refractivity contribution in [3.05, 3.63) is 28.7 Å². The summed E-state index contributed by atoms with van der Waals surface area (Å²) in [6, 6.07) is 3.34. The summed E-state index contributed by atoms with van der Waals surface area (Å²) in [4.78, 5) is 23.4. The molecule has 0 fully saturated rings. The Kier molecular flexibility index (Phi) is 6.97. The SMILES string of the molecule is CCC(C)NCC(=O)Nc1ccc(=O)n(CCOC)c1. The fourth-order valence-electron chi connectivity index (χ4n) is 1.59. The summed E-state index contributed by atoms with van der Waals surface area (Å²) in [6.07, 6.45) is 2.59. The van der Waals surface area contributed by atoms with Gasteiger partial charge in [0.25, 0.3) is 5.56 Å².